The van der Waals surface area contributed by atoms with Gasteiger partial charge in [0.15, 0.2) is 24.6 Å². The van der Waals surface area contributed by atoms with E-state index in [9.17, 15) is 19.2 Å². The third-order valence-electron chi connectivity index (χ3n) is 3.51. The Kier molecular flexibility index (Phi) is 10.4. The molecule has 11 heteroatoms. The molecule has 0 aromatic carbocycles. The fourth-order valence-corrected chi connectivity index (χ4v) is 2.81. The van der Waals surface area contributed by atoms with Gasteiger partial charge >= 0.3 is 23.9 Å². The Bertz CT molecular complexity index is 566. The summed E-state index contributed by atoms with van der Waals surface area (Å²) in [5, 5.41) is 0.665. The SMILES string of the molecule is CC(=O)OC[C@H]1OC(OCCCBr)[C@@H](OC(C)=O)[C@@H](OC(C)=O)[C@@H]1OC(C)=O. The van der Waals surface area contributed by atoms with Gasteiger partial charge in [-0.05, 0) is 6.42 Å². The summed E-state index contributed by atoms with van der Waals surface area (Å²) < 4.78 is 32.2. The lowest BCUT2D eigenvalue weighted by Crippen LogP contribution is -2.63. The van der Waals surface area contributed by atoms with E-state index in [1.165, 1.54) is 13.8 Å². The van der Waals surface area contributed by atoms with Crippen LogP contribution in [0.2, 0.25) is 0 Å². The number of hydrogen-bond acceptors (Lipinski definition) is 10. The van der Waals surface area contributed by atoms with Crippen molar-refractivity contribution in [3.05, 3.63) is 0 Å². The van der Waals surface area contributed by atoms with Crippen molar-refractivity contribution >= 4 is 39.8 Å². The summed E-state index contributed by atoms with van der Waals surface area (Å²) in [6.07, 6.45) is -5.07. The highest BCUT2D eigenvalue weighted by atomic mass is 79.9. The largest absolute Gasteiger partial charge is 0.463 e. The molecule has 0 aromatic heterocycles. The average molecular weight is 469 g/mol. The second-order valence-corrected chi connectivity index (χ2v) is 6.77. The first-order valence-corrected chi connectivity index (χ1v) is 9.75. The normalized spacial score (nSPS) is 26.8. The summed E-state index contributed by atoms with van der Waals surface area (Å²) in [7, 11) is 0. The van der Waals surface area contributed by atoms with Gasteiger partial charge in [0.1, 0.15) is 12.7 Å². The molecule has 1 unspecified atom stereocenters. The minimum Gasteiger partial charge on any atom is -0.463 e. The molecule has 0 saturated carbocycles. The second-order valence-electron chi connectivity index (χ2n) is 5.98. The molecule has 5 atom stereocenters. The zero-order valence-electron chi connectivity index (χ0n) is 16.2. The lowest BCUT2D eigenvalue weighted by molar-refractivity contribution is -0.308. The molecule has 1 saturated heterocycles. The summed E-state index contributed by atoms with van der Waals surface area (Å²) in [6, 6.07) is 0. The second kappa shape index (κ2) is 12.0. The van der Waals surface area contributed by atoms with E-state index in [2.05, 4.69) is 15.9 Å². The van der Waals surface area contributed by atoms with Crippen molar-refractivity contribution in [2.45, 2.75) is 64.8 Å². The van der Waals surface area contributed by atoms with Crippen LogP contribution in [0, 0.1) is 0 Å². The molecule has 0 amide bonds. The first-order valence-electron chi connectivity index (χ1n) is 8.63. The Balaban J connectivity index is 3.21. The maximum absolute atomic E-state index is 11.6. The van der Waals surface area contributed by atoms with Gasteiger partial charge in [-0.3, -0.25) is 19.2 Å². The van der Waals surface area contributed by atoms with Crippen molar-refractivity contribution in [3.8, 4) is 0 Å². The maximum atomic E-state index is 11.6. The molecule has 1 aliphatic rings. The van der Waals surface area contributed by atoms with Crippen LogP contribution in [-0.2, 0) is 47.6 Å². The van der Waals surface area contributed by atoms with Crippen molar-refractivity contribution in [1.82, 2.24) is 0 Å². The topological polar surface area (TPSA) is 124 Å². The summed E-state index contributed by atoms with van der Waals surface area (Å²) in [4.78, 5) is 46.0. The first kappa shape index (κ1) is 24.3. The van der Waals surface area contributed by atoms with Crippen LogP contribution in [-0.4, -0.2) is 73.1 Å². The molecule has 0 aromatic rings. The molecule has 0 bridgehead atoms. The number of ether oxygens (including phenoxy) is 6. The van der Waals surface area contributed by atoms with E-state index < -0.39 is 54.6 Å². The molecule has 160 valence electrons. The Morgan fingerprint density at radius 2 is 1.36 bits per heavy atom. The third-order valence-corrected chi connectivity index (χ3v) is 4.07. The smallest absolute Gasteiger partial charge is 0.303 e. The van der Waals surface area contributed by atoms with Crippen molar-refractivity contribution < 1.29 is 47.6 Å². The molecular formula is C17H25BrO10. The van der Waals surface area contributed by atoms with Gasteiger partial charge in [0.25, 0.3) is 0 Å². The van der Waals surface area contributed by atoms with Crippen LogP contribution in [0.3, 0.4) is 0 Å². The average Bonchev–Trinajstić information content (AvgIpc) is 2.57. The van der Waals surface area contributed by atoms with Gasteiger partial charge in [0.2, 0.25) is 0 Å². The number of alkyl halides is 1. The van der Waals surface area contributed by atoms with E-state index in [1.54, 1.807) is 0 Å². The molecule has 28 heavy (non-hydrogen) atoms. The molecule has 0 N–H and O–H groups in total. The highest BCUT2D eigenvalue weighted by molar-refractivity contribution is 9.09. The summed E-state index contributed by atoms with van der Waals surface area (Å²) in [6.45, 7) is 4.67. The molecule has 1 heterocycles. The molecule has 0 spiro atoms. The molecular weight excluding hydrogens is 444 g/mol. The fourth-order valence-electron chi connectivity index (χ4n) is 2.58. The van der Waals surface area contributed by atoms with E-state index in [1.807, 2.05) is 0 Å². The lowest BCUT2D eigenvalue weighted by atomic mass is 9.98. The van der Waals surface area contributed by atoms with Gasteiger partial charge in [-0.1, -0.05) is 15.9 Å². The summed E-state index contributed by atoms with van der Waals surface area (Å²) >= 11 is 3.27. The van der Waals surface area contributed by atoms with Gasteiger partial charge in [0.05, 0.1) is 6.61 Å². The van der Waals surface area contributed by atoms with Crippen molar-refractivity contribution in [2.75, 3.05) is 18.5 Å². The summed E-state index contributed by atoms with van der Waals surface area (Å²) in [5.41, 5.74) is 0. The van der Waals surface area contributed by atoms with Crippen LogP contribution in [0.4, 0.5) is 0 Å². The fraction of sp³-hybridized carbons (Fsp3) is 0.765. The van der Waals surface area contributed by atoms with Crippen LogP contribution in [0.25, 0.3) is 0 Å². The van der Waals surface area contributed by atoms with Crippen molar-refractivity contribution in [2.24, 2.45) is 0 Å². The number of carbonyl (C=O) groups is 4. The van der Waals surface area contributed by atoms with E-state index >= 15 is 0 Å². The van der Waals surface area contributed by atoms with E-state index in [0.717, 1.165) is 13.8 Å². The molecule has 1 aliphatic heterocycles. The Morgan fingerprint density at radius 3 is 1.86 bits per heavy atom. The van der Waals surface area contributed by atoms with Gasteiger partial charge in [-0.15, -0.1) is 0 Å². The predicted octanol–water partition coefficient (Wildman–Crippen LogP) is 0.871. The molecule has 1 fully saturated rings. The standard InChI is InChI=1S/C17H25BrO10/c1-9(19)24-8-13-14(25-10(2)20)15(26-11(3)21)16(27-12(4)22)17(28-13)23-7-5-6-18/h13-17H,5-8H2,1-4H3/t13-,14-,15+,16+,17?/m1/s1. The third kappa shape index (κ3) is 8.11. The van der Waals surface area contributed by atoms with Crippen LogP contribution in [0.5, 0.6) is 0 Å². The number of rotatable bonds is 9. The minimum absolute atomic E-state index is 0.249. The van der Waals surface area contributed by atoms with Crippen LogP contribution < -0.4 is 0 Å². The van der Waals surface area contributed by atoms with Gasteiger partial charge < -0.3 is 28.4 Å². The summed E-state index contributed by atoms with van der Waals surface area (Å²) in [5.74, 6) is -2.61. The van der Waals surface area contributed by atoms with Gasteiger partial charge in [-0.25, -0.2) is 0 Å². The quantitative estimate of drug-likeness (QED) is 0.208. The van der Waals surface area contributed by atoms with Crippen LogP contribution in [0.1, 0.15) is 34.1 Å². The van der Waals surface area contributed by atoms with E-state index in [0.29, 0.717) is 11.8 Å². The zero-order chi connectivity index (χ0) is 21.3. The highest BCUT2D eigenvalue weighted by Crippen LogP contribution is 2.30. The maximum Gasteiger partial charge on any atom is 0.303 e. The lowest BCUT2D eigenvalue weighted by Gasteiger charge is -2.44. The van der Waals surface area contributed by atoms with Gasteiger partial charge in [0, 0.05) is 33.0 Å². The van der Waals surface area contributed by atoms with Crippen molar-refractivity contribution in [3.63, 3.8) is 0 Å². The Labute approximate surface area is 171 Å². The monoisotopic (exact) mass is 468 g/mol. The zero-order valence-corrected chi connectivity index (χ0v) is 17.8. The number of esters is 4. The van der Waals surface area contributed by atoms with Crippen LogP contribution >= 0.6 is 15.9 Å². The molecule has 10 nitrogen and oxygen atoms in total. The highest BCUT2D eigenvalue weighted by Gasteiger charge is 2.52. The van der Waals surface area contributed by atoms with Gasteiger partial charge in [-0.2, -0.15) is 0 Å². The Hall–Kier alpha value is -1.72. The molecule has 1 rings (SSSR count). The van der Waals surface area contributed by atoms with E-state index in [-0.39, 0.29) is 13.2 Å². The first-order chi connectivity index (χ1) is 13.1. The Morgan fingerprint density at radius 1 is 0.821 bits per heavy atom. The number of hydrogen-bond donors (Lipinski definition) is 0. The van der Waals surface area contributed by atoms with Crippen molar-refractivity contribution in [1.29, 1.82) is 0 Å². The molecule has 0 aliphatic carbocycles. The van der Waals surface area contributed by atoms with Crippen LogP contribution in [0.15, 0.2) is 0 Å². The molecule has 0 radical (unpaired) electrons. The minimum atomic E-state index is -1.21. The number of carbonyl (C=O) groups excluding carboxylic acids is 4. The number of halogens is 1. The predicted molar refractivity (Wildman–Crippen MR) is 96.3 cm³/mol. The van der Waals surface area contributed by atoms with E-state index in [4.69, 9.17) is 28.4 Å².